The van der Waals surface area contributed by atoms with Crippen LogP contribution in [0.2, 0.25) is 0 Å². The molecule has 0 unspecified atom stereocenters. The van der Waals surface area contributed by atoms with E-state index in [9.17, 15) is 9.59 Å². The minimum absolute atomic E-state index is 0.342. The summed E-state index contributed by atoms with van der Waals surface area (Å²) in [5, 5.41) is 2.63. The number of ketones is 1. The van der Waals surface area contributed by atoms with Crippen molar-refractivity contribution >= 4 is 11.7 Å². The second kappa shape index (κ2) is 5.09. The first-order valence-electron chi connectivity index (χ1n) is 5.97. The summed E-state index contributed by atoms with van der Waals surface area (Å²) in [6.45, 7) is 3.65. The molecule has 0 spiro atoms. The quantitative estimate of drug-likeness (QED) is 0.638. The number of aryl methyl sites for hydroxylation is 2. The van der Waals surface area contributed by atoms with Crippen molar-refractivity contribution in [2.24, 2.45) is 7.05 Å². The van der Waals surface area contributed by atoms with Crippen LogP contribution in [0.3, 0.4) is 0 Å². The zero-order valence-corrected chi connectivity index (χ0v) is 11.1. The van der Waals surface area contributed by atoms with Gasteiger partial charge in [-0.25, -0.2) is 4.98 Å². The third kappa shape index (κ3) is 2.73. The van der Waals surface area contributed by atoms with Crippen molar-refractivity contribution in [1.29, 1.82) is 0 Å². The molecule has 1 atom stereocenters. The van der Waals surface area contributed by atoms with E-state index in [1.54, 1.807) is 43.1 Å². The Kier molecular flexibility index (Phi) is 3.50. The van der Waals surface area contributed by atoms with Crippen molar-refractivity contribution in [1.82, 2.24) is 19.9 Å². The molecule has 0 fully saturated rings. The molecule has 2 rings (SSSR count). The van der Waals surface area contributed by atoms with Gasteiger partial charge in [0.2, 0.25) is 0 Å². The van der Waals surface area contributed by atoms with Gasteiger partial charge in [-0.3, -0.25) is 9.59 Å². The third-order valence-electron chi connectivity index (χ3n) is 2.86. The number of Topliss-reactive ketones (excluding diaryl/α,β-unsaturated/α-hetero) is 1. The molecule has 19 heavy (non-hydrogen) atoms. The van der Waals surface area contributed by atoms with Crippen molar-refractivity contribution in [2.75, 3.05) is 0 Å². The molecule has 0 aliphatic rings. The summed E-state index contributed by atoms with van der Waals surface area (Å²) >= 11 is 0. The third-order valence-corrected chi connectivity index (χ3v) is 2.86. The Hall–Kier alpha value is -2.37. The number of carbonyl (C=O) groups excluding carboxylic acids is 2. The lowest BCUT2D eigenvalue weighted by molar-refractivity contribution is -0.117. The van der Waals surface area contributed by atoms with Crippen molar-refractivity contribution < 1.29 is 9.59 Å². The Labute approximate surface area is 110 Å². The number of rotatable bonds is 4. The fraction of sp³-hybridized carbons (Fsp3) is 0.308. The van der Waals surface area contributed by atoms with Crippen LogP contribution in [-0.2, 0) is 11.8 Å². The summed E-state index contributed by atoms with van der Waals surface area (Å²) < 4.78 is 1.61. The first kappa shape index (κ1) is 13.1. The number of hydrogen-bond donors (Lipinski definition) is 2. The van der Waals surface area contributed by atoms with Crippen molar-refractivity contribution in [3.63, 3.8) is 0 Å². The van der Waals surface area contributed by atoms with Crippen molar-refractivity contribution in [2.45, 2.75) is 19.9 Å². The lowest BCUT2D eigenvalue weighted by Crippen LogP contribution is -2.34. The minimum Gasteiger partial charge on any atom is -0.348 e. The van der Waals surface area contributed by atoms with E-state index in [4.69, 9.17) is 0 Å². The van der Waals surface area contributed by atoms with E-state index in [0.717, 1.165) is 5.69 Å². The zero-order valence-electron chi connectivity index (χ0n) is 11.1. The van der Waals surface area contributed by atoms with Crippen LogP contribution in [0.4, 0.5) is 0 Å². The van der Waals surface area contributed by atoms with Crippen LogP contribution in [0.5, 0.6) is 0 Å². The SMILES string of the molecule is Cc1cnc([C@H](C)NC(=O)C(=O)c2cccn2C)[nH]1. The van der Waals surface area contributed by atoms with Crippen LogP contribution in [-0.4, -0.2) is 26.2 Å². The highest BCUT2D eigenvalue weighted by Crippen LogP contribution is 2.08. The number of imidazole rings is 1. The van der Waals surface area contributed by atoms with Gasteiger partial charge >= 0.3 is 0 Å². The molecule has 0 bridgehead atoms. The largest absolute Gasteiger partial charge is 0.348 e. The van der Waals surface area contributed by atoms with E-state index in [2.05, 4.69) is 15.3 Å². The van der Waals surface area contributed by atoms with Gasteiger partial charge in [0.25, 0.3) is 11.7 Å². The topological polar surface area (TPSA) is 79.8 Å². The highest BCUT2D eigenvalue weighted by atomic mass is 16.2. The molecule has 100 valence electrons. The second-order valence-corrected chi connectivity index (χ2v) is 4.48. The summed E-state index contributed by atoms with van der Waals surface area (Å²) in [6.07, 6.45) is 3.40. The monoisotopic (exact) mass is 260 g/mol. The molecule has 0 aliphatic heterocycles. The Bertz CT molecular complexity index is 612. The average molecular weight is 260 g/mol. The fourth-order valence-corrected chi connectivity index (χ4v) is 1.80. The summed E-state index contributed by atoms with van der Waals surface area (Å²) in [5.74, 6) is -0.559. The molecule has 6 heteroatoms. The summed E-state index contributed by atoms with van der Waals surface area (Å²) in [4.78, 5) is 30.9. The Morgan fingerprint density at radius 3 is 2.74 bits per heavy atom. The van der Waals surface area contributed by atoms with Crippen LogP contribution in [0.25, 0.3) is 0 Å². The maximum atomic E-state index is 11.9. The normalized spacial score (nSPS) is 12.2. The number of nitrogens with zero attached hydrogens (tertiary/aromatic N) is 2. The number of amides is 1. The zero-order chi connectivity index (χ0) is 14.0. The molecule has 2 aromatic heterocycles. The lowest BCUT2D eigenvalue weighted by atomic mass is 10.2. The molecule has 0 radical (unpaired) electrons. The first-order chi connectivity index (χ1) is 8.99. The maximum absolute atomic E-state index is 11.9. The number of hydrogen-bond acceptors (Lipinski definition) is 3. The average Bonchev–Trinajstić information content (AvgIpc) is 2.97. The summed E-state index contributed by atoms with van der Waals surface area (Å²) in [5.41, 5.74) is 1.27. The maximum Gasteiger partial charge on any atom is 0.294 e. The number of carbonyl (C=O) groups is 2. The molecule has 2 aromatic rings. The van der Waals surface area contributed by atoms with Crippen LogP contribution in [0, 0.1) is 6.92 Å². The minimum atomic E-state index is -0.636. The van der Waals surface area contributed by atoms with E-state index < -0.39 is 11.7 Å². The predicted molar refractivity (Wildman–Crippen MR) is 69.6 cm³/mol. The predicted octanol–water partition coefficient (Wildman–Crippen LogP) is 1.12. The highest BCUT2D eigenvalue weighted by molar-refractivity contribution is 6.42. The van der Waals surface area contributed by atoms with E-state index in [0.29, 0.717) is 11.5 Å². The van der Waals surface area contributed by atoms with Crippen LogP contribution in [0.1, 0.15) is 35.0 Å². The van der Waals surface area contributed by atoms with E-state index in [-0.39, 0.29) is 6.04 Å². The molecular formula is C13H16N4O2. The van der Waals surface area contributed by atoms with Crippen LogP contribution < -0.4 is 5.32 Å². The van der Waals surface area contributed by atoms with Crippen LogP contribution >= 0.6 is 0 Å². The van der Waals surface area contributed by atoms with Crippen molar-refractivity contribution in [3.8, 4) is 0 Å². The van der Waals surface area contributed by atoms with Gasteiger partial charge in [0.15, 0.2) is 0 Å². The van der Waals surface area contributed by atoms with E-state index in [1.165, 1.54) is 0 Å². The molecule has 0 aromatic carbocycles. The Balaban J connectivity index is 2.05. The lowest BCUT2D eigenvalue weighted by Gasteiger charge is -2.11. The van der Waals surface area contributed by atoms with E-state index in [1.807, 2.05) is 6.92 Å². The van der Waals surface area contributed by atoms with Gasteiger partial charge in [-0.05, 0) is 26.0 Å². The molecule has 0 saturated heterocycles. The summed E-state index contributed by atoms with van der Waals surface area (Å²) in [7, 11) is 1.72. The fourth-order valence-electron chi connectivity index (χ4n) is 1.80. The van der Waals surface area contributed by atoms with Crippen molar-refractivity contribution in [3.05, 3.63) is 41.7 Å². The van der Waals surface area contributed by atoms with Gasteiger partial charge in [-0.15, -0.1) is 0 Å². The smallest absolute Gasteiger partial charge is 0.294 e. The molecule has 0 saturated carbocycles. The number of aromatic amines is 1. The second-order valence-electron chi connectivity index (χ2n) is 4.48. The Morgan fingerprint density at radius 1 is 1.47 bits per heavy atom. The molecular weight excluding hydrogens is 244 g/mol. The van der Waals surface area contributed by atoms with Gasteiger partial charge < -0.3 is 14.9 Å². The highest BCUT2D eigenvalue weighted by Gasteiger charge is 2.21. The van der Waals surface area contributed by atoms with Gasteiger partial charge in [-0.2, -0.15) is 0 Å². The molecule has 1 amide bonds. The number of nitrogens with one attached hydrogen (secondary N) is 2. The van der Waals surface area contributed by atoms with Crippen LogP contribution in [0.15, 0.2) is 24.5 Å². The first-order valence-corrected chi connectivity index (χ1v) is 5.97. The Morgan fingerprint density at radius 2 is 2.21 bits per heavy atom. The molecule has 6 nitrogen and oxygen atoms in total. The number of H-pyrrole nitrogens is 1. The van der Waals surface area contributed by atoms with Gasteiger partial charge in [0.05, 0.1) is 11.7 Å². The molecule has 0 aliphatic carbocycles. The van der Waals surface area contributed by atoms with Gasteiger partial charge in [-0.1, -0.05) is 0 Å². The van der Waals surface area contributed by atoms with Gasteiger partial charge in [0, 0.05) is 25.1 Å². The van der Waals surface area contributed by atoms with Gasteiger partial charge in [0.1, 0.15) is 5.82 Å². The van der Waals surface area contributed by atoms with E-state index >= 15 is 0 Å². The summed E-state index contributed by atoms with van der Waals surface area (Å²) in [6, 6.07) is 2.99. The molecule has 2 N–H and O–H groups in total. The standard InChI is InChI=1S/C13H16N4O2/c1-8-7-14-12(15-8)9(2)16-13(19)11(18)10-5-4-6-17(10)3/h4-7,9H,1-3H3,(H,14,15)(H,16,19)/t9-/m0/s1. The molecule has 2 heterocycles. The number of aromatic nitrogens is 3.